The molecular formula is C19H19ClFN3O2. The Morgan fingerprint density at radius 3 is 2.46 bits per heavy atom. The first kappa shape index (κ1) is 19.6. The molecule has 0 aliphatic carbocycles. The summed E-state index contributed by atoms with van der Waals surface area (Å²) in [7, 11) is 0. The fourth-order valence-corrected chi connectivity index (χ4v) is 2.37. The molecule has 2 amide bonds. The summed E-state index contributed by atoms with van der Waals surface area (Å²) < 4.78 is 12.9. The van der Waals surface area contributed by atoms with Gasteiger partial charge in [-0.3, -0.25) is 9.59 Å². The minimum Gasteiger partial charge on any atom is -0.340 e. The van der Waals surface area contributed by atoms with Crippen LogP contribution in [0.1, 0.15) is 29.8 Å². The zero-order chi connectivity index (χ0) is 19.1. The third-order valence-electron chi connectivity index (χ3n) is 3.58. The van der Waals surface area contributed by atoms with Crippen molar-refractivity contribution in [1.82, 2.24) is 10.7 Å². The van der Waals surface area contributed by atoms with Crippen LogP contribution in [0, 0.1) is 11.7 Å². The molecule has 0 aliphatic heterocycles. The molecule has 0 fully saturated rings. The summed E-state index contributed by atoms with van der Waals surface area (Å²) >= 11 is 5.89. The van der Waals surface area contributed by atoms with Gasteiger partial charge in [-0.1, -0.05) is 43.6 Å². The van der Waals surface area contributed by atoms with E-state index in [-0.39, 0.29) is 11.7 Å². The Morgan fingerprint density at radius 1 is 1.15 bits per heavy atom. The van der Waals surface area contributed by atoms with Crippen LogP contribution in [0.15, 0.2) is 53.6 Å². The van der Waals surface area contributed by atoms with E-state index in [1.54, 1.807) is 18.2 Å². The summed E-state index contributed by atoms with van der Waals surface area (Å²) in [5.74, 6) is -1.36. The summed E-state index contributed by atoms with van der Waals surface area (Å²) in [5.41, 5.74) is 3.39. The molecule has 0 saturated heterocycles. The van der Waals surface area contributed by atoms with Crippen molar-refractivity contribution in [2.75, 3.05) is 0 Å². The molecule has 1 atom stereocenters. The average Bonchev–Trinajstić information content (AvgIpc) is 2.60. The summed E-state index contributed by atoms with van der Waals surface area (Å²) in [6.07, 6.45) is 1.40. The topological polar surface area (TPSA) is 70.6 Å². The molecule has 7 heteroatoms. The smallest absolute Gasteiger partial charge is 0.262 e. The van der Waals surface area contributed by atoms with E-state index in [2.05, 4.69) is 15.8 Å². The highest BCUT2D eigenvalue weighted by Crippen LogP contribution is 2.11. The Bertz CT molecular complexity index is 807. The van der Waals surface area contributed by atoms with E-state index in [9.17, 15) is 14.0 Å². The third kappa shape index (κ3) is 5.67. The van der Waals surface area contributed by atoms with Crippen LogP contribution in [0.5, 0.6) is 0 Å². The molecule has 0 radical (unpaired) electrons. The lowest BCUT2D eigenvalue weighted by Crippen LogP contribution is -2.48. The Labute approximate surface area is 156 Å². The Balaban J connectivity index is 2.00. The first-order chi connectivity index (χ1) is 12.4. The summed E-state index contributed by atoms with van der Waals surface area (Å²) in [6, 6.07) is 11.4. The lowest BCUT2D eigenvalue weighted by molar-refractivity contribution is -0.123. The molecule has 2 N–H and O–H groups in total. The van der Waals surface area contributed by atoms with Gasteiger partial charge in [0.05, 0.1) is 6.21 Å². The average molecular weight is 376 g/mol. The first-order valence-corrected chi connectivity index (χ1v) is 8.39. The van der Waals surface area contributed by atoms with Gasteiger partial charge in [0.25, 0.3) is 11.8 Å². The Morgan fingerprint density at radius 2 is 1.85 bits per heavy atom. The number of hydrazone groups is 1. The molecule has 5 nitrogen and oxygen atoms in total. The molecule has 1 unspecified atom stereocenters. The predicted molar refractivity (Wildman–Crippen MR) is 99.7 cm³/mol. The van der Waals surface area contributed by atoms with Gasteiger partial charge >= 0.3 is 0 Å². The van der Waals surface area contributed by atoms with E-state index in [1.165, 1.54) is 36.5 Å². The van der Waals surface area contributed by atoms with E-state index in [4.69, 9.17) is 11.6 Å². The van der Waals surface area contributed by atoms with Crippen LogP contribution in [0.4, 0.5) is 4.39 Å². The molecule has 136 valence electrons. The lowest BCUT2D eigenvalue weighted by Gasteiger charge is -2.20. The van der Waals surface area contributed by atoms with E-state index >= 15 is 0 Å². The van der Waals surface area contributed by atoms with Gasteiger partial charge in [0, 0.05) is 10.6 Å². The van der Waals surface area contributed by atoms with Crippen LogP contribution >= 0.6 is 11.6 Å². The highest BCUT2D eigenvalue weighted by atomic mass is 35.5. The molecule has 0 aliphatic rings. The second kappa shape index (κ2) is 9.10. The van der Waals surface area contributed by atoms with Crippen molar-refractivity contribution in [3.63, 3.8) is 0 Å². The lowest BCUT2D eigenvalue weighted by atomic mass is 10.0. The minimum absolute atomic E-state index is 0.154. The third-order valence-corrected chi connectivity index (χ3v) is 3.82. The molecule has 0 heterocycles. The second-order valence-corrected chi connectivity index (χ2v) is 6.43. The largest absolute Gasteiger partial charge is 0.340 e. The first-order valence-electron chi connectivity index (χ1n) is 8.01. The van der Waals surface area contributed by atoms with E-state index < -0.39 is 17.9 Å². The van der Waals surface area contributed by atoms with Crippen molar-refractivity contribution in [1.29, 1.82) is 0 Å². The second-order valence-electron chi connectivity index (χ2n) is 5.99. The monoisotopic (exact) mass is 375 g/mol. The van der Waals surface area contributed by atoms with Crippen molar-refractivity contribution in [3.8, 4) is 0 Å². The zero-order valence-corrected chi connectivity index (χ0v) is 15.1. The van der Waals surface area contributed by atoms with Crippen molar-refractivity contribution < 1.29 is 14.0 Å². The number of benzene rings is 2. The maximum Gasteiger partial charge on any atom is 0.262 e. The fourth-order valence-electron chi connectivity index (χ4n) is 2.18. The molecule has 2 aromatic rings. The van der Waals surface area contributed by atoms with Crippen molar-refractivity contribution in [2.24, 2.45) is 11.0 Å². The molecule has 2 rings (SSSR count). The predicted octanol–water partition coefficient (Wildman–Crippen LogP) is 3.38. The van der Waals surface area contributed by atoms with E-state index in [0.29, 0.717) is 16.1 Å². The number of hydrogen-bond donors (Lipinski definition) is 2. The zero-order valence-electron chi connectivity index (χ0n) is 14.4. The highest BCUT2D eigenvalue weighted by molar-refractivity contribution is 6.31. The highest BCUT2D eigenvalue weighted by Gasteiger charge is 2.24. The normalized spacial score (nSPS) is 12.2. The van der Waals surface area contributed by atoms with Crippen LogP contribution < -0.4 is 10.7 Å². The molecule has 0 bridgehead atoms. The van der Waals surface area contributed by atoms with Crippen LogP contribution in [-0.2, 0) is 4.79 Å². The van der Waals surface area contributed by atoms with Crippen LogP contribution in [-0.4, -0.2) is 24.1 Å². The fraction of sp³-hybridized carbons (Fsp3) is 0.211. The number of hydrogen-bond acceptors (Lipinski definition) is 3. The molecule has 0 aromatic heterocycles. The van der Waals surface area contributed by atoms with Gasteiger partial charge < -0.3 is 5.32 Å². The van der Waals surface area contributed by atoms with Gasteiger partial charge in [0.15, 0.2) is 0 Å². The minimum atomic E-state index is -0.771. The van der Waals surface area contributed by atoms with Crippen molar-refractivity contribution in [3.05, 3.63) is 70.5 Å². The van der Waals surface area contributed by atoms with Crippen LogP contribution in [0.25, 0.3) is 0 Å². The van der Waals surface area contributed by atoms with Crippen molar-refractivity contribution in [2.45, 2.75) is 19.9 Å². The number of halogens is 2. The molecule has 0 spiro atoms. The molecule has 26 heavy (non-hydrogen) atoms. The van der Waals surface area contributed by atoms with E-state index in [1.807, 2.05) is 13.8 Å². The quantitative estimate of drug-likeness (QED) is 0.600. The Kier molecular flexibility index (Phi) is 6.86. The summed E-state index contributed by atoms with van der Waals surface area (Å²) in [4.78, 5) is 24.7. The number of rotatable bonds is 6. The molecular weight excluding hydrogens is 357 g/mol. The molecule has 0 saturated carbocycles. The van der Waals surface area contributed by atoms with Gasteiger partial charge in [-0.2, -0.15) is 5.10 Å². The summed E-state index contributed by atoms with van der Waals surface area (Å²) in [6.45, 7) is 3.62. The van der Waals surface area contributed by atoms with E-state index in [0.717, 1.165) is 0 Å². The summed E-state index contributed by atoms with van der Waals surface area (Å²) in [5, 5.41) is 6.97. The van der Waals surface area contributed by atoms with Gasteiger partial charge in [-0.15, -0.1) is 0 Å². The van der Waals surface area contributed by atoms with Gasteiger partial charge in [-0.25, -0.2) is 9.82 Å². The SMILES string of the molecule is CC(C)C(NC(=O)c1cccc(Cl)c1)C(=O)N/N=C/c1ccc(F)cc1. The number of nitrogens with zero attached hydrogens (tertiary/aromatic N) is 1. The standard InChI is InChI=1S/C19H19ClFN3O2/c1-12(2)17(23-18(25)14-4-3-5-15(20)10-14)19(26)24-22-11-13-6-8-16(21)9-7-13/h3-12,17H,1-2H3,(H,23,25)(H,24,26)/b22-11+. The Hall–Kier alpha value is -2.73. The van der Waals surface area contributed by atoms with Gasteiger partial charge in [0.2, 0.25) is 0 Å². The number of amides is 2. The van der Waals surface area contributed by atoms with Gasteiger partial charge in [0.1, 0.15) is 11.9 Å². The maximum atomic E-state index is 12.9. The van der Waals surface area contributed by atoms with Crippen LogP contribution in [0.3, 0.4) is 0 Å². The number of carbonyl (C=O) groups is 2. The number of carbonyl (C=O) groups excluding carboxylic acids is 2. The molecule has 2 aromatic carbocycles. The van der Waals surface area contributed by atoms with Crippen LogP contribution in [0.2, 0.25) is 5.02 Å². The maximum absolute atomic E-state index is 12.9. The van der Waals surface area contributed by atoms with Gasteiger partial charge in [-0.05, 0) is 41.8 Å². The number of nitrogens with one attached hydrogen (secondary N) is 2. The van der Waals surface area contributed by atoms with Crippen molar-refractivity contribution >= 4 is 29.6 Å².